The van der Waals surface area contributed by atoms with Gasteiger partial charge in [0.15, 0.2) is 0 Å². The molecule has 0 aliphatic carbocycles. The Morgan fingerprint density at radius 1 is 1.17 bits per heavy atom. The summed E-state index contributed by atoms with van der Waals surface area (Å²) in [6, 6.07) is 8.42. The minimum absolute atomic E-state index is 0.163. The molecule has 0 heterocycles. The molecule has 0 bridgehead atoms. The highest BCUT2D eigenvalue weighted by molar-refractivity contribution is 9.10. The molecule has 0 aromatic heterocycles. The lowest BCUT2D eigenvalue weighted by atomic mass is 10.1. The maximum Gasteiger partial charge on any atom is 0.0949 e. The second-order valence-corrected chi connectivity index (χ2v) is 5.38. The zero-order chi connectivity index (χ0) is 13.2. The number of nitrogens with one attached hydrogen (secondary N) is 1. The van der Waals surface area contributed by atoms with Gasteiger partial charge in [0.25, 0.3) is 0 Å². The molecule has 0 aliphatic rings. The lowest BCUT2D eigenvalue weighted by Gasteiger charge is -2.19. The smallest absolute Gasteiger partial charge is 0.0949 e. The van der Waals surface area contributed by atoms with Gasteiger partial charge in [-0.25, -0.2) is 0 Å². The van der Waals surface area contributed by atoms with E-state index < -0.39 is 0 Å². The summed E-state index contributed by atoms with van der Waals surface area (Å²) >= 11 is 3.47. The number of halogens is 1. The van der Waals surface area contributed by atoms with E-state index in [0.717, 1.165) is 37.0 Å². The highest BCUT2D eigenvalue weighted by Gasteiger charge is 2.11. The van der Waals surface area contributed by atoms with Gasteiger partial charge in [0, 0.05) is 17.6 Å². The summed E-state index contributed by atoms with van der Waals surface area (Å²) < 4.78 is 7.09. The second kappa shape index (κ2) is 9.54. The Morgan fingerprint density at radius 2 is 1.89 bits per heavy atom. The fourth-order valence-electron chi connectivity index (χ4n) is 1.73. The van der Waals surface area contributed by atoms with Crippen molar-refractivity contribution in [3.05, 3.63) is 34.3 Å². The average Bonchev–Trinajstić information content (AvgIpc) is 2.38. The number of ether oxygens (including phenoxy) is 1. The van der Waals surface area contributed by atoms with Crippen LogP contribution in [0.25, 0.3) is 0 Å². The van der Waals surface area contributed by atoms with E-state index in [-0.39, 0.29) is 6.10 Å². The molecule has 2 nitrogen and oxygen atoms in total. The standard InChI is InChI=1S/C15H24BrNO/c1-3-5-11-18-15(12-17-10-4-2)13-6-8-14(16)9-7-13/h6-9,15,17H,3-5,10-12H2,1-2H3. The SMILES string of the molecule is CCCCOC(CNCCC)c1ccc(Br)cc1. The third-order valence-corrected chi connectivity index (χ3v) is 3.34. The monoisotopic (exact) mass is 313 g/mol. The number of hydrogen-bond acceptors (Lipinski definition) is 2. The molecule has 0 spiro atoms. The van der Waals surface area contributed by atoms with Crippen LogP contribution in [-0.4, -0.2) is 19.7 Å². The van der Waals surface area contributed by atoms with Crippen molar-refractivity contribution in [2.45, 2.75) is 39.2 Å². The predicted molar refractivity (Wildman–Crippen MR) is 80.9 cm³/mol. The quantitative estimate of drug-likeness (QED) is 0.686. The van der Waals surface area contributed by atoms with Gasteiger partial charge in [-0.2, -0.15) is 0 Å². The highest BCUT2D eigenvalue weighted by atomic mass is 79.9. The van der Waals surface area contributed by atoms with Crippen molar-refractivity contribution in [2.24, 2.45) is 0 Å². The van der Waals surface area contributed by atoms with Gasteiger partial charge >= 0.3 is 0 Å². The molecule has 0 amide bonds. The van der Waals surface area contributed by atoms with E-state index >= 15 is 0 Å². The fourth-order valence-corrected chi connectivity index (χ4v) is 1.99. The summed E-state index contributed by atoms with van der Waals surface area (Å²) in [5, 5.41) is 3.44. The fraction of sp³-hybridized carbons (Fsp3) is 0.600. The molecule has 3 heteroatoms. The van der Waals surface area contributed by atoms with Crippen LogP contribution < -0.4 is 5.32 Å². The first-order valence-electron chi connectivity index (χ1n) is 6.85. The highest BCUT2D eigenvalue weighted by Crippen LogP contribution is 2.20. The normalized spacial score (nSPS) is 12.6. The van der Waals surface area contributed by atoms with Gasteiger partial charge in [-0.3, -0.25) is 0 Å². The van der Waals surface area contributed by atoms with E-state index in [1.165, 1.54) is 12.0 Å². The first kappa shape index (κ1) is 15.7. The van der Waals surface area contributed by atoms with Crippen molar-refractivity contribution < 1.29 is 4.74 Å². The molecule has 0 fully saturated rings. The second-order valence-electron chi connectivity index (χ2n) is 4.47. The summed E-state index contributed by atoms with van der Waals surface area (Å²) in [5.74, 6) is 0. The van der Waals surface area contributed by atoms with E-state index in [9.17, 15) is 0 Å². The summed E-state index contributed by atoms with van der Waals surface area (Å²) in [5.41, 5.74) is 1.25. The number of hydrogen-bond donors (Lipinski definition) is 1. The van der Waals surface area contributed by atoms with Crippen LogP contribution in [0.15, 0.2) is 28.7 Å². The number of benzene rings is 1. The van der Waals surface area contributed by atoms with Crippen molar-refractivity contribution in [1.29, 1.82) is 0 Å². The van der Waals surface area contributed by atoms with E-state index in [1.807, 2.05) is 0 Å². The molecule has 0 aliphatic heterocycles. The van der Waals surface area contributed by atoms with Crippen LogP contribution in [-0.2, 0) is 4.74 Å². The molecule has 0 radical (unpaired) electrons. The molecule has 1 atom stereocenters. The van der Waals surface area contributed by atoms with Crippen LogP contribution in [0.5, 0.6) is 0 Å². The molecule has 0 saturated carbocycles. The van der Waals surface area contributed by atoms with E-state index in [0.29, 0.717) is 0 Å². The summed E-state index contributed by atoms with van der Waals surface area (Å²) in [7, 11) is 0. The minimum atomic E-state index is 0.163. The van der Waals surface area contributed by atoms with Crippen LogP contribution in [0.2, 0.25) is 0 Å². The van der Waals surface area contributed by atoms with Crippen LogP contribution in [0.1, 0.15) is 44.8 Å². The molecule has 1 N–H and O–H groups in total. The van der Waals surface area contributed by atoms with Gasteiger partial charge in [0.05, 0.1) is 6.10 Å². The average molecular weight is 314 g/mol. The summed E-state index contributed by atoms with van der Waals surface area (Å²) in [6.07, 6.45) is 3.62. The Labute approximate surface area is 119 Å². The van der Waals surface area contributed by atoms with Gasteiger partial charge < -0.3 is 10.1 Å². The van der Waals surface area contributed by atoms with Crippen LogP contribution >= 0.6 is 15.9 Å². The predicted octanol–water partition coefficient (Wildman–Crippen LogP) is 4.31. The molecule has 1 rings (SSSR count). The Balaban J connectivity index is 2.54. The Hall–Kier alpha value is -0.380. The van der Waals surface area contributed by atoms with Crippen molar-refractivity contribution >= 4 is 15.9 Å². The van der Waals surface area contributed by atoms with Gasteiger partial charge in [-0.15, -0.1) is 0 Å². The molecule has 0 saturated heterocycles. The van der Waals surface area contributed by atoms with Gasteiger partial charge in [-0.05, 0) is 37.1 Å². The molecule has 1 aromatic rings. The number of rotatable bonds is 9. The van der Waals surface area contributed by atoms with Gasteiger partial charge in [0.1, 0.15) is 0 Å². The topological polar surface area (TPSA) is 21.3 Å². The zero-order valence-electron chi connectivity index (χ0n) is 11.4. The summed E-state index contributed by atoms with van der Waals surface area (Å²) in [4.78, 5) is 0. The lowest BCUT2D eigenvalue weighted by Crippen LogP contribution is -2.24. The van der Waals surface area contributed by atoms with Crippen molar-refractivity contribution in [3.8, 4) is 0 Å². The van der Waals surface area contributed by atoms with Crippen LogP contribution in [0, 0.1) is 0 Å². The van der Waals surface area contributed by atoms with Gasteiger partial charge in [0.2, 0.25) is 0 Å². The van der Waals surface area contributed by atoms with Crippen molar-refractivity contribution in [2.75, 3.05) is 19.7 Å². The maximum atomic E-state index is 5.98. The molecule has 18 heavy (non-hydrogen) atoms. The molecule has 1 aromatic carbocycles. The lowest BCUT2D eigenvalue weighted by molar-refractivity contribution is 0.0508. The minimum Gasteiger partial charge on any atom is -0.372 e. The molecule has 1 unspecified atom stereocenters. The van der Waals surface area contributed by atoms with Gasteiger partial charge in [-0.1, -0.05) is 48.3 Å². The number of unbranched alkanes of at least 4 members (excludes halogenated alkanes) is 1. The Morgan fingerprint density at radius 3 is 2.50 bits per heavy atom. The van der Waals surface area contributed by atoms with Crippen LogP contribution in [0.3, 0.4) is 0 Å². The van der Waals surface area contributed by atoms with Crippen LogP contribution in [0.4, 0.5) is 0 Å². The van der Waals surface area contributed by atoms with Crippen molar-refractivity contribution in [3.63, 3.8) is 0 Å². The Bertz CT molecular complexity index is 303. The molecular formula is C15H24BrNO. The molecule has 102 valence electrons. The van der Waals surface area contributed by atoms with Crippen molar-refractivity contribution in [1.82, 2.24) is 5.32 Å². The zero-order valence-corrected chi connectivity index (χ0v) is 13.0. The van der Waals surface area contributed by atoms with E-state index in [2.05, 4.69) is 59.4 Å². The third kappa shape index (κ3) is 5.98. The Kier molecular flexibility index (Phi) is 8.31. The third-order valence-electron chi connectivity index (χ3n) is 2.82. The van der Waals surface area contributed by atoms with E-state index in [1.54, 1.807) is 0 Å². The summed E-state index contributed by atoms with van der Waals surface area (Å²) in [6.45, 7) is 7.14. The first-order chi connectivity index (χ1) is 8.77. The maximum absolute atomic E-state index is 5.98. The van der Waals surface area contributed by atoms with E-state index in [4.69, 9.17) is 4.74 Å². The first-order valence-corrected chi connectivity index (χ1v) is 7.65. The largest absolute Gasteiger partial charge is 0.372 e. The molecular weight excluding hydrogens is 290 g/mol.